The number of aliphatic carboxylic acids is 1. The zero-order valence-electron chi connectivity index (χ0n) is 11.0. The van der Waals surface area contributed by atoms with Crippen LogP contribution in [0.25, 0.3) is 0 Å². The van der Waals surface area contributed by atoms with Crippen molar-refractivity contribution < 1.29 is 14.4 Å². The lowest BCUT2D eigenvalue weighted by atomic mass is 10.0. The smallest absolute Gasteiger partial charge is 0.320 e. The SMILES string of the molecule is CCc1noc(C)c1CN1CCCCC1C(=O)O. The lowest BCUT2D eigenvalue weighted by Crippen LogP contribution is -2.44. The molecule has 1 aromatic rings. The van der Waals surface area contributed by atoms with Crippen molar-refractivity contribution >= 4 is 5.97 Å². The van der Waals surface area contributed by atoms with E-state index in [1.165, 1.54) is 0 Å². The van der Waals surface area contributed by atoms with Crippen molar-refractivity contribution in [2.24, 2.45) is 0 Å². The average molecular weight is 252 g/mol. The number of piperidine rings is 1. The Morgan fingerprint density at radius 3 is 3.00 bits per heavy atom. The Hall–Kier alpha value is -1.36. The second-order valence-corrected chi connectivity index (χ2v) is 4.84. The molecule has 1 unspecified atom stereocenters. The van der Waals surface area contributed by atoms with Gasteiger partial charge in [0.1, 0.15) is 11.8 Å². The van der Waals surface area contributed by atoms with Gasteiger partial charge in [0.05, 0.1) is 5.69 Å². The molecule has 0 spiro atoms. The molecule has 0 aromatic carbocycles. The maximum Gasteiger partial charge on any atom is 0.320 e. The van der Waals surface area contributed by atoms with E-state index in [1.807, 2.05) is 18.7 Å². The number of aromatic nitrogens is 1. The highest BCUT2D eigenvalue weighted by Gasteiger charge is 2.29. The van der Waals surface area contributed by atoms with E-state index in [9.17, 15) is 9.90 Å². The van der Waals surface area contributed by atoms with Crippen LogP contribution < -0.4 is 0 Å². The molecule has 1 fully saturated rings. The molecule has 0 amide bonds. The van der Waals surface area contributed by atoms with Crippen LogP contribution in [0.1, 0.15) is 43.2 Å². The Morgan fingerprint density at radius 1 is 1.56 bits per heavy atom. The molecule has 0 radical (unpaired) electrons. The number of rotatable bonds is 4. The third-order valence-corrected chi connectivity index (χ3v) is 3.66. The van der Waals surface area contributed by atoms with Crippen molar-refractivity contribution in [2.45, 2.75) is 52.1 Å². The number of hydrogen-bond acceptors (Lipinski definition) is 4. The molecular formula is C13H20N2O3. The minimum atomic E-state index is -0.721. The van der Waals surface area contributed by atoms with E-state index in [2.05, 4.69) is 5.16 Å². The molecule has 1 saturated heterocycles. The van der Waals surface area contributed by atoms with Gasteiger partial charge in [0, 0.05) is 12.1 Å². The highest BCUT2D eigenvalue weighted by Crippen LogP contribution is 2.23. The van der Waals surface area contributed by atoms with E-state index >= 15 is 0 Å². The summed E-state index contributed by atoms with van der Waals surface area (Å²) in [4.78, 5) is 13.3. The van der Waals surface area contributed by atoms with Crippen molar-refractivity contribution in [3.8, 4) is 0 Å². The van der Waals surface area contributed by atoms with Gasteiger partial charge in [-0.05, 0) is 32.7 Å². The molecule has 1 N–H and O–H groups in total. The highest BCUT2D eigenvalue weighted by atomic mass is 16.5. The van der Waals surface area contributed by atoms with Gasteiger partial charge < -0.3 is 9.63 Å². The van der Waals surface area contributed by atoms with Gasteiger partial charge in [-0.3, -0.25) is 9.69 Å². The van der Waals surface area contributed by atoms with E-state index < -0.39 is 5.97 Å². The van der Waals surface area contributed by atoms with Crippen LogP contribution in [0.15, 0.2) is 4.52 Å². The van der Waals surface area contributed by atoms with E-state index in [0.29, 0.717) is 6.54 Å². The summed E-state index contributed by atoms with van der Waals surface area (Å²) in [6.07, 6.45) is 3.62. The Morgan fingerprint density at radius 2 is 2.33 bits per heavy atom. The number of aryl methyl sites for hydroxylation is 2. The van der Waals surface area contributed by atoms with Crippen molar-refractivity contribution in [1.82, 2.24) is 10.1 Å². The van der Waals surface area contributed by atoms with E-state index in [0.717, 1.165) is 49.2 Å². The van der Waals surface area contributed by atoms with Crippen LogP contribution in [0.2, 0.25) is 0 Å². The summed E-state index contributed by atoms with van der Waals surface area (Å²) in [5.41, 5.74) is 2.01. The molecule has 0 bridgehead atoms. The van der Waals surface area contributed by atoms with Crippen LogP contribution in [0.5, 0.6) is 0 Å². The minimum Gasteiger partial charge on any atom is -0.480 e. The topological polar surface area (TPSA) is 66.6 Å². The maximum atomic E-state index is 11.3. The van der Waals surface area contributed by atoms with Crippen LogP contribution in [0.4, 0.5) is 0 Å². The molecule has 0 saturated carbocycles. The van der Waals surface area contributed by atoms with Crippen LogP contribution in [0, 0.1) is 6.92 Å². The first-order valence-electron chi connectivity index (χ1n) is 6.54. The van der Waals surface area contributed by atoms with E-state index in [4.69, 9.17) is 4.52 Å². The lowest BCUT2D eigenvalue weighted by Gasteiger charge is -2.32. The predicted molar refractivity (Wildman–Crippen MR) is 66.3 cm³/mol. The Bertz CT molecular complexity index is 428. The van der Waals surface area contributed by atoms with Gasteiger partial charge in [0.25, 0.3) is 0 Å². The summed E-state index contributed by atoms with van der Waals surface area (Å²) in [7, 11) is 0. The molecule has 18 heavy (non-hydrogen) atoms. The van der Waals surface area contributed by atoms with Gasteiger partial charge in [-0.1, -0.05) is 18.5 Å². The zero-order chi connectivity index (χ0) is 13.1. The van der Waals surface area contributed by atoms with Crippen LogP contribution in [-0.4, -0.2) is 33.7 Å². The standard InChI is InChI=1S/C13H20N2O3/c1-3-11-10(9(2)18-14-11)8-15-7-5-4-6-12(15)13(16)17/h12H,3-8H2,1-2H3,(H,16,17). The molecule has 2 rings (SSSR count). The molecular weight excluding hydrogens is 232 g/mol. The third-order valence-electron chi connectivity index (χ3n) is 3.66. The van der Waals surface area contributed by atoms with Gasteiger partial charge >= 0.3 is 5.97 Å². The highest BCUT2D eigenvalue weighted by molar-refractivity contribution is 5.73. The quantitative estimate of drug-likeness (QED) is 0.887. The van der Waals surface area contributed by atoms with E-state index in [1.54, 1.807) is 0 Å². The van der Waals surface area contributed by atoms with Gasteiger partial charge in [-0.15, -0.1) is 0 Å². The first-order chi connectivity index (χ1) is 8.63. The van der Waals surface area contributed by atoms with Crippen molar-refractivity contribution in [3.63, 3.8) is 0 Å². The number of carbonyl (C=O) groups is 1. The first kappa shape index (κ1) is 13.1. The summed E-state index contributed by atoms with van der Waals surface area (Å²) < 4.78 is 5.20. The third kappa shape index (κ3) is 2.56. The molecule has 5 heteroatoms. The molecule has 0 aliphatic carbocycles. The summed E-state index contributed by atoms with van der Waals surface area (Å²) in [6, 6.07) is -0.363. The second kappa shape index (κ2) is 5.52. The predicted octanol–water partition coefficient (Wildman–Crippen LogP) is 1.98. The summed E-state index contributed by atoms with van der Waals surface area (Å²) in [6.45, 7) is 5.40. The fourth-order valence-corrected chi connectivity index (χ4v) is 2.58. The largest absolute Gasteiger partial charge is 0.480 e. The normalized spacial score (nSPS) is 21.1. The Balaban J connectivity index is 2.15. The van der Waals surface area contributed by atoms with Crippen molar-refractivity contribution in [2.75, 3.05) is 6.54 Å². The monoisotopic (exact) mass is 252 g/mol. The fourth-order valence-electron chi connectivity index (χ4n) is 2.58. The number of nitrogens with zero attached hydrogens (tertiary/aromatic N) is 2. The van der Waals surface area contributed by atoms with Gasteiger partial charge in [0.15, 0.2) is 0 Å². The van der Waals surface area contributed by atoms with Crippen LogP contribution in [-0.2, 0) is 17.8 Å². The molecule has 1 aliphatic heterocycles. The minimum absolute atomic E-state index is 0.363. The number of likely N-dealkylation sites (tertiary alicyclic amines) is 1. The van der Waals surface area contributed by atoms with Crippen LogP contribution in [0.3, 0.4) is 0 Å². The summed E-state index contributed by atoms with van der Waals surface area (Å²) >= 11 is 0. The summed E-state index contributed by atoms with van der Waals surface area (Å²) in [5, 5.41) is 13.3. The molecule has 2 heterocycles. The zero-order valence-corrected chi connectivity index (χ0v) is 11.0. The summed E-state index contributed by atoms with van der Waals surface area (Å²) in [5.74, 6) is 0.0865. The number of carboxylic acids is 1. The van der Waals surface area contributed by atoms with Crippen molar-refractivity contribution in [1.29, 1.82) is 0 Å². The van der Waals surface area contributed by atoms with Crippen LogP contribution >= 0.6 is 0 Å². The lowest BCUT2D eigenvalue weighted by molar-refractivity contribution is -0.144. The molecule has 1 atom stereocenters. The van der Waals surface area contributed by atoms with E-state index in [-0.39, 0.29) is 6.04 Å². The van der Waals surface area contributed by atoms with Gasteiger partial charge in [-0.2, -0.15) is 0 Å². The molecule has 1 aromatic heterocycles. The molecule has 100 valence electrons. The van der Waals surface area contributed by atoms with Crippen molar-refractivity contribution in [3.05, 3.63) is 17.0 Å². The first-order valence-corrected chi connectivity index (χ1v) is 6.54. The Kier molecular flexibility index (Phi) is 4.01. The molecule has 5 nitrogen and oxygen atoms in total. The molecule has 1 aliphatic rings. The Labute approximate surface area is 107 Å². The maximum absolute atomic E-state index is 11.3. The number of hydrogen-bond donors (Lipinski definition) is 1. The van der Waals surface area contributed by atoms with Gasteiger partial charge in [-0.25, -0.2) is 0 Å². The van der Waals surface area contributed by atoms with Gasteiger partial charge in [0.2, 0.25) is 0 Å². The fraction of sp³-hybridized carbons (Fsp3) is 0.692. The second-order valence-electron chi connectivity index (χ2n) is 4.84. The average Bonchev–Trinajstić information content (AvgIpc) is 2.71. The number of carboxylic acid groups (broad SMARTS) is 1.